The van der Waals surface area contributed by atoms with Crippen LogP contribution in [0.2, 0.25) is 0 Å². The normalized spacial score (nSPS) is 17.2. The Kier molecular flexibility index (Phi) is 4.15. The summed E-state index contributed by atoms with van der Waals surface area (Å²) in [5.74, 6) is 1.25. The van der Waals surface area contributed by atoms with Gasteiger partial charge < -0.3 is 15.2 Å². The fourth-order valence-corrected chi connectivity index (χ4v) is 2.76. The van der Waals surface area contributed by atoms with Gasteiger partial charge in [-0.2, -0.15) is 4.98 Å². The molecule has 0 saturated carbocycles. The summed E-state index contributed by atoms with van der Waals surface area (Å²) >= 11 is 0. The summed E-state index contributed by atoms with van der Waals surface area (Å²) in [5.41, 5.74) is 0.444. The zero-order chi connectivity index (χ0) is 14.7. The van der Waals surface area contributed by atoms with Crippen molar-refractivity contribution in [2.75, 3.05) is 31.5 Å². The molecule has 0 bridgehead atoms. The molecule has 2 aromatic rings. The molecule has 0 spiro atoms. The predicted molar refractivity (Wildman–Crippen MR) is 83.5 cm³/mol. The summed E-state index contributed by atoms with van der Waals surface area (Å²) in [6, 6.07) is 3.22. The van der Waals surface area contributed by atoms with Crippen LogP contribution in [0.15, 0.2) is 23.1 Å². The van der Waals surface area contributed by atoms with Gasteiger partial charge in [-0.1, -0.05) is 6.92 Å². The van der Waals surface area contributed by atoms with Crippen molar-refractivity contribution >= 4 is 17.0 Å². The monoisotopic (exact) mass is 287 g/mol. The molecule has 0 radical (unpaired) electrons. The lowest BCUT2D eigenvalue weighted by molar-refractivity contribution is 0.198. The highest BCUT2D eigenvalue weighted by Crippen LogP contribution is 2.17. The van der Waals surface area contributed by atoms with Crippen molar-refractivity contribution < 1.29 is 0 Å². The van der Waals surface area contributed by atoms with Crippen molar-refractivity contribution in [2.24, 2.45) is 5.92 Å². The highest BCUT2D eigenvalue weighted by Gasteiger charge is 2.17. The Morgan fingerprint density at radius 1 is 1.38 bits per heavy atom. The average Bonchev–Trinajstić information content (AvgIpc) is 2.53. The summed E-state index contributed by atoms with van der Waals surface area (Å²) in [6.45, 7) is 6.59. The van der Waals surface area contributed by atoms with Gasteiger partial charge in [0.1, 0.15) is 5.65 Å². The average molecular weight is 287 g/mol. The zero-order valence-electron chi connectivity index (χ0n) is 12.3. The van der Waals surface area contributed by atoms with E-state index in [1.54, 1.807) is 12.3 Å². The second-order valence-electron chi connectivity index (χ2n) is 5.58. The minimum atomic E-state index is -0.140. The van der Waals surface area contributed by atoms with E-state index in [0.717, 1.165) is 18.5 Å². The molecule has 1 aliphatic rings. The third-order valence-corrected chi connectivity index (χ3v) is 4.18. The lowest BCUT2D eigenvalue weighted by Crippen LogP contribution is -2.35. The first kappa shape index (κ1) is 14.0. The van der Waals surface area contributed by atoms with Crippen molar-refractivity contribution in [3.63, 3.8) is 0 Å². The molecular formula is C15H21N5O. The van der Waals surface area contributed by atoms with Gasteiger partial charge in [-0.3, -0.25) is 4.79 Å². The quantitative estimate of drug-likeness (QED) is 0.890. The minimum Gasteiger partial charge on any atom is -0.354 e. The second kappa shape index (κ2) is 6.22. The van der Waals surface area contributed by atoms with Crippen LogP contribution in [0, 0.1) is 5.92 Å². The first-order valence-corrected chi connectivity index (χ1v) is 7.57. The molecule has 0 aromatic carbocycles. The van der Waals surface area contributed by atoms with E-state index in [9.17, 15) is 4.79 Å². The Morgan fingerprint density at radius 2 is 2.19 bits per heavy atom. The predicted octanol–water partition coefficient (Wildman–Crippen LogP) is 1.46. The van der Waals surface area contributed by atoms with Gasteiger partial charge in [0, 0.05) is 24.2 Å². The van der Waals surface area contributed by atoms with Crippen LogP contribution in [0.3, 0.4) is 0 Å². The smallest absolute Gasteiger partial charge is 0.249 e. The fraction of sp³-hybridized carbons (Fsp3) is 0.533. The summed E-state index contributed by atoms with van der Waals surface area (Å²) in [6.07, 6.45) is 4.16. The molecule has 0 atom stereocenters. The highest BCUT2D eigenvalue weighted by molar-refractivity contribution is 5.74. The number of aromatic nitrogens is 3. The van der Waals surface area contributed by atoms with Gasteiger partial charge in [0.15, 0.2) is 0 Å². The molecular weight excluding hydrogens is 266 g/mol. The van der Waals surface area contributed by atoms with Crippen LogP contribution in [0.4, 0.5) is 5.95 Å². The lowest BCUT2D eigenvalue weighted by atomic mass is 9.97. The topological polar surface area (TPSA) is 73.9 Å². The lowest BCUT2D eigenvalue weighted by Gasteiger charge is -2.31. The van der Waals surface area contributed by atoms with Crippen LogP contribution in [0.5, 0.6) is 0 Å². The number of pyridine rings is 1. The number of H-pyrrole nitrogens is 1. The third kappa shape index (κ3) is 3.39. The number of nitrogens with one attached hydrogen (secondary N) is 2. The SMILES string of the molecule is CCN1CCC(CNc2ncc3ccc(=O)[nH]c3n2)CC1. The van der Waals surface area contributed by atoms with Gasteiger partial charge in [0.2, 0.25) is 11.5 Å². The van der Waals surface area contributed by atoms with Gasteiger partial charge in [0.05, 0.1) is 0 Å². The number of fused-ring (bicyclic) bond motifs is 1. The Labute approximate surface area is 123 Å². The molecule has 0 amide bonds. The summed E-state index contributed by atoms with van der Waals surface area (Å²) in [4.78, 5) is 25.2. The molecule has 1 fully saturated rings. The standard InChI is InChI=1S/C15H21N5O/c1-2-20-7-5-11(6-8-20)9-16-15-17-10-12-3-4-13(21)18-14(12)19-15/h3-4,10-11H,2,5-9H2,1H3,(H2,16,17,18,19,21). The molecule has 0 aliphatic carbocycles. The minimum absolute atomic E-state index is 0.140. The van der Waals surface area contributed by atoms with Gasteiger partial charge in [-0.05, 0) is 44.5 Å². The number of nitrogens with zero attached hydrogens (tertiary/aromatic N) is 3. The highest BCUT2D eigenvalue weighted by atomic mass is 16.1. The first-order valence-electron chi connectivity index (χ1n) is 7.57. The summed E-state index contributed by atoms with van der Waals surface area (Å²) in [7, 11) is 0. The molecule has 3 heterocycles. The molecule has 2 N–H and O–H groups in total. The molecule has 2 aromatic heterocycles. The van der Waals surface area contributed by atoms with Crippen LogP contribution in [0.25, 0.3) is 11.0 Å². The number of hydrogen-bond acceptors (Lipinski definition) is 5. The molecule has 6 nitrogen and oxygen atoms in total. The van der Waals surface area contributed by atoms with E-state index in [1.807, 2.05) is 0 Å². The van der Waals surface area contributed by atoms with E-state index >= 15 is 0 Å². The van der Waals surface area contributed by atoms with Crippen molar-refractivity contribution in [3.8, 4) is 0 Å². The van der Waals surface area contributed by atoms with Crippen LogP contribution < -0.4 is 10.9 Å². The summed E-state index contributed by atoms with van der Waals surface area (Å²) < 4.78 is 0. The second-order valence-corrected chi connectivity index (χ2v) is 5.58. The Hall–Kier alpha value is -1.95. The van der Waals surface area contributed by atoms with E-state index in [1.165, 1.54) is 32.0 Å². The van der Waals surface area contributed by atoms with E-state index in [-0.39, 0.29) is 5.56 Å². The van der Waals surface area contributed by atoms with Crippen LogP contribution in [0.1, 0.15) is 19.8 Å². The van der Waals surface area contributed by atoms with Crippen molar-refractivity contribution in [1.82, 2.24) is 19.9 Å². The maximum absolute atomic E-state index is 11.3. The first-order chi connectivity index (χ1) is 10.2. The number of rotatable bonds is 4. The molecule has 112 valence electrons. The molecule has 6 heteroatoms. The van der Waals surface area contributed by atoms with E-state index in [0.29, 0.717) is 17.5 Å². The largest absolute Gasteiger partial charge is 0.354 e. The van der Waals surface area contributed by atoms with Crippen molar-refractivity contribution in [3.05, 3.63) is 28.7 Å². The maximum Gasteiger partial charge on any atom is 0.249 e. The van der Waals surface area contributed by atoms with E-state index < -0.39 is 0 Å². The fourth-order valence-electron chi connectivity index (χ4n) is 2.76. The molecule has 3 rings (SSSR count). The Balaban J connectivity index is 1.62. The Bertz CT molecular complexity index is 660. The molecule has 0 unspecified atom stereocenters. The Morgan fingerprint density at radius 3 is 2.95 bits per heavy atom. The number of anilines is 1. The van der Waals surface area contributed by atoms with Crippen LogP contribution >= 0.6 is 0 Å². The van der Waals surface area contributed by atoms with Crippen molar-refractivity contribution in [2.45, 2.75) is 19.8 Å². The van der Waals surface area contributed by atoms with E-state index in [2.05, 4.69) is 32.1 Å². The van der Waals surface area contributed by atoms with Crippen LogP contribution in [-0.4, -0.2) is 46.0 Å². The maximum atomic E-state index is 11.3. The molecule has 21 heavy (non-hydrogen) atoms. The van der Waals surface area contributed by atoms with Gasteiger partial charge in [-0.15, -0.1) is 0 Å². The van der Waals surface area contributed by atoms with Crippen molar-refractivity contribution in [1.29, 1.82) is 0 Å². The number of hydrogen-bond donors (Lipinski definition) is 2. The molecule has 1 saturated heterocycles. The van der Waals surface area contributed by atoms with Crippen LogP contribution in [-0.2, 0) is 0 Å². The van der Waals surface area contributed by atoms with Gasteiger partial charge in [-0.25, -0.2) is 4.98 Å². The zero-order valence-corrected chi connectivity index (χ0v) is 12.3. The number of piperidine rings is 1. The number of aromatic amines is 1. The third-order valence-electron chi connectivity index (χ3n) is 4.18. The van der Waals surface area contributed by atoms with Gasteiger partial charge >= 0.3 is 0 Å². The van der Waals surface area contributed by atoms with Gasteiger partial charge in [0.25, 0.3) is 0 Å². The number of likely N-dealkylation sites (tertiary alicyclic amines) is 1. The molecule has 1 aliphatic heterocycles. The summed E-state index contributed by atoms with van der Waals surface area (Å²) in [5, 5.41) is 4.14. The van der Waals surface area contributed by atoms with E-state index in [4.69, 9.17) is 0 Å².